The largest absolute Gasteiger partial charge is 0.484 e. The van der Waals surface area contributed by atoms with Crippen molar-refractivity contribution in [1.82, 2.24) is 19.4 Å². The van der Waals surface area contributed by atoms with Gasteiger partial charge >= 0.3 is 0 Å². The fourth-order valence-corrected chi connectivity index (χ4v) is 3.78. The van der Waals surface area contributed by atoms with Gasteiger partial charge in [-0.05, 0) is 49.6 Å². The standard InChI is InChI=1S/C23H26N4O2/c1-18-4-6-21(7-5-18)29-17-22(28)26-13-2-3-20(16-26)23-25-12-14-27(23)15-19-8-10-24-11-9-19/h4-12,14,20H,2-3,13,15-17H2,1H3/t20-/m1/s1. The van der Waals surface area contributed by atoms with Gasteiger partial charge in [0.2, 0.25) is 0 Å². The van der Waals surface area contributed by atoms with Gasteiger partial charge in [0.1, 0.15) is 11.6 Å². The summed E-state index contributed by atoms with van der Waals surface area (Å²) in [5.74, 6) is 2.04. The van der Waals surface area contributed by atoms with Crippen molar-refractivity contribution in [1.29, 1.82) is 0 Å². The van der Waals surface area contributed by atoms with E-state index in [0.717, 1.165) is 37.5 Å². The molecule has 3 heterocycles. The smallest absolute Gasteiger partial charge is 0.260 e. The molecule has 150 valence electrons. The van der Waals surface area contributed by atoms with Gasteiger partial charge in [-0.25, -0.2) is 4.98 Å². The summed E-state index contributed by atoms with van der Waals surface area (Å²) >= 11 is 0. The molecule has 29 heavy (non-hydrogen) atoms. The van der Waals surface area contributed by atoms with Gasteiger partial charge in [-0.2, -0.15) is 0 Å². The maximum Gasteiger partial charge on any atom is 0.260 e. The number of rotatable bonds is 6. The topological polar surface area (TPSA) is 60.2 Å². The first kappa shape index (κ1) is 19.2. The van der Waals surface area contributed by atoms with Crippen LogP contribution in [0.1, 0.15) is 35.7 Å². The lowest BCUT2D eigenvalue weighted by atomic mass is 9.97. The number of nitrogens with zero attached hydrogens (tertiary/aromatic N) is 4. The predicted molar refractivity (Wildman–Crippen MR) is 111 cm³/mol. The zero-order valence-corrected chi connectivity index (χ0v) is 16.7. The van der Waals surface area contributed by atoms with E-state index >= 15 is 0 Å². The number of carbonyl (C=O) groups excluding carboxylic acids is 1. The van der Waals surface area contributed by atoms with Crippen molar-refractivity contribution in [2.75, 3.05) is 19.7 Å². The fraction of sp³-hybridized carbons (Fsp3) is 0.348. The number of piperidine rings is 1. The Morgan fingerprint density at radius 2 is 1.93 bits per heavy atom. The van der Waals surface area contributed by atoms with E-state index in [1.807, 2.05) is 60.6 Å². The van der Waals surface area contributed by atoms with E-state index in [-0.39, 0.29) is 18.4 Å². The molecule has 1 aliphatic heterocycles. The number of imidazole rings is 1. The van der Waals surface area contributed by atoms with Crippen LogP contribution in [-0.2, 0) is 11.3 Å². The molecule has 0 aliphatic carbocycles. The summed E-state index contributed by atoms with van der Waals surface area (Å²) < 4.78 is 7.86. The highest BCUT2D eigenvalue weighted by atomic mass is 16.5. The van der Waals surface area contributed by atoms with Gasteiger partial charge in [-0.3, -0.25) is 9.78 Å². The minimum absolute atomic E-state index is 0.0301. The van der Waals surface area contributed by atoms with Gasteiger partial charge in [-0.15, -0.1) is 0 Å². The molecule has 1 aromatic carbocycles. The Kier molecular flexibility index (Phi) is 5.89. The van der Waals surface area contributed by atoms with Crippen molar-refractivity contribution in [2.45, 2.75) is 32.2 Å². The second-order valence-electron chi connectivity index (χ2n) is 7.55. The minimum Gasteiger partial charge on any atom is -0.484 e. The van der Waals surface area contributed by atoms with Crippen LogP contribution in [0.25, 0.3) is 0 Å². The van der Waals surface area contributed by atoms with Crippen molar-refractivity contribution in [3.8, 4) is 5.75 Å². The van der Waals surface area contributed by atoms with E-state index < -0.39 is 0 Å². The summed E-state index contributed by atoms with van der Waals surface area (Å²) in [5, 5.41) is 0. The van der Waals surface area contributed by atoms with Crippen LogP contribution in [0.4, 0.5) is 0 Å². The average molecular weight is 390 g/mol. The summed E-state index contributed by atoms with van der Waals surface area (Å²) in [5.41, 5.74) is 2.36. The van der Waals surface area contributed by atoms with Gasteiger partial charge < -0.3 is 14.2 Å². The van der Waals surface area contributed by atoms with Crippen LogP contribution in [-0.4, -0.2) is 45.0 Å². The van der Waals surface area contributed by atoms with Crippen LogP contribution < -0.4 is 4.74 Å². The SMILES string of the molecule is Cc1ccc(OCC(=O)N2CCC[C@@H](c3nccn3Cc3ccncc3)C2)cc1. The molecule has 1 amide bonds. The first-order valence-electron chi connectivity index (χ1n) is 10.1. The third-order valence-electron chi connectivity index (χ3n) is 5.37. The van der Waals surface area contributed by atoms with Gasteiger partial charge in [0.05, 0.1) is 0 Å². The molecule has 6 nitrogen and oxygen atoms in total. The predicted octanol–water partition coefficient (Wildman–Crippen LogP) is 3.42. The number of amides is 1. The maximum atomic E-state index is 12.7. The van der Waals surface area contributed by atoms with E-state index in [9.17, 15) is 4.79 Å². The van der Waals surface area contributed by atoms with Crippen LogP contribution in [0.5, 0.6) is 5.75 Å². The van der Waals surface area contributed by atoms with Crippen LogP contribution in [0.2, 0.25) is 0 Å². The Labute approximate surface area is 171 Å². The second-order valence-corrected chi connectivity index (χ2v) is 7.55. The van der Waals surface area contributed by atoms with Crippen molar-refractivity contribution in [2.24, 2.45) is 0 Å². The molecule has 4 rings (SSSR count). The molecule has 0 unspecified atom stereocenters. The number of benzene rings is 1. The summed E-state index contributed by atoms with van der Waals surface area (Å²) in [6.45, 7) is 4.32. The summed E-state index contributed by atoms with van der Waals surface area (Å²) in [7, 11) is 0. The lowest BCUT2D eigenvalue weighted by Crippen LogP contribution is -2.42. The first-order valence-corrected chi connectivity index (χ1v) is 10.1. The van der Waals surface area contributed by atoms with Gasteiger partial charge in [0, 0.05) is 50.3 Å². The molecule has 3 aromatic rings. The molecule has 1 saturated heterocycles. The van der Waals surface area contributed by atoms with Crippen LogP contribution in [0, 0.1) is 6.92 Å². The lowest BCUT2D eigenvalue weighted by molar-refractivity contribution is -0.134. The zero-order valence-electron chi connectivity index (χ0n) is 16.7. The molecule has 2 aromatic heterocycles. The molecule has 0 N–H and O–H groups in total. The van der Waals surface area contributed by atoms with Crippen molar-refractivity contribution in [3.63, 3.8) is 0 Å². The number of pyridine rings is 1. The number of aryl methyl sites for hydroxylation is 1. The Balaban J connectivity index is 1.38. The Morgan fingerprint density at radius 3 is 2.72 bits per heavy atom. The molecular formula is C23H26N4O2. The molecule has 6 heteroatoms. The van der Waals surface area contributed by atoms with E-state index in [4.69, 9.17) is 4.74 Å². The summed E-state index contributed by atoms with van der Waals surface area (Å²) in [6, 6.07) is 11.8. The number of hydrogen-bond donors (Lipinski definition) is 0. The Bertz CT molecular complexity index is 937. The van der Waals surface area contributed by atoms with Gasteiger partial charge in [0.15, 0.2) is 6.61 Å². The third kappa shape index (κ3) is 4.83. The van der Waals surface area contributed by atoms with Crippen molar-refractivity contribution >= 4 is 5.91 Å². The second kappa shape index (κ2) is 8.90. The lowest BCUT2D eigenvalue weighted by Gasteiger charge is -2.32. The van der Waals surface area contributed by atoms with E-state index in [1.165, 1.54) is 11.1 Å². The van der Waals surface area contributed by atoms with Gasteiger partial charge in [-0.1, -0.05) is 17.7 Å². The van der Waals surface area contributed by atoms with E-state index in [0.29, 0.717) is 6.54 Å². The molecular weight excluding hydrogens is 364 g/mol. The third-order valence-corrected chi connectivity index (χ3v) is 5.37. The summed E-state index contributed by atoms with van der Waals surface area (Å²) in [4.78, 5) is 23.3. The number of aromatic nitrogens is 3. The van der Waals surface area contributed by atoms with Crippen molar-refractivity contribution in [3.05, 3.63) is 78.1 Å². The van der Waals surface area contributed by atoms with Crippen LogP contribution >= 0.6 is 0 Å². The van der Waals surface area contributed by atoms with Crippen LogP contribution in [0.15, 0.2) is 61.2 Å². The number of likely N-dealkylation sites (tertiary alicyclic amines) is 1. The minimum atomic E-state index is 0.0301. The molecule has 0 radical (unpaired) electrons. The molecule has 1 aliphatic rings. The monoisotopic (exact) mass is 390 g/mol. The van der Waals surface area contributed by atoms with Gasteiger partial charge in [0.25, 0.3) is 5.91 Å². The quantitative estimate of drug-likeness (QED) is 0.647. The summed E-state index contributed by atoms with van der Waals surface area (Å²) in [6.07, 6.45) is 9.48. The molecule has 1 atom stereocenters. The van der Waals surface area contributed by atoms with E-state index in [1.54, 1.807) is 12.4 Å². The molecule has 1 fully saturated rings. The van der Waals surface area contributed by atoms with Crippen molar-refractivity contribution < 1.29 is 9.53 Å². The fourth-order valence-electron chi connectivity index (χ4n) is 3.78. The zero-order chi connectivity index (χ0) is 20.1. The molecule has 0 spiro atoms. The number of carbonyl (C=O) groups is 1. The maximum absolute atomic E-state index is 12.7. The molecule has 0 saturated carbocycles. The molecule has 0 bridgehead atoms. The highest BCUT2D eigenvalue weighted by molar-refractivity contribution is 5.78. The average Bonchev–Trinajstić information content (AvgIpc) is 3.22. The number of ether oxygens (including phenoxy) is 1. The van der Waals surface area contributed by atoms with Crippen LogP contribution in [0.3, 0.4) is 0 Å². The normalized spacial score (nSPS) is 16.6. The highest BCUT2D eigenvalue weighted by Gasteiger charge is 2.27. The Morgan fingerprint density at radius 1 is 1.14 bits per heavy atom. The Hall–Kier alpha value is -3.15. The highest BCUT2D eigenvalue weighted by Crippen LogP contribution is 2.26. The number of hydrogen-bond acceptors (Lipinski definition) is 4. The van der Waals surface area contributed by atoms with E-state index in [2.05, 4.69) is 14.5 Å². The first-order chi connectivity index (χ1) is 14.2.